The molecule has 11 heteroatoms. The average Bonchev–Trinajstić information content (AvgIpc) is 2.94. The number of methoxy groups -OCH3 is 3. The van der Waals surface area contributed by atoms with Crippen molar-refractivity contribution in [2.75, 3.05) is 26.6 Å². The van der Waals surface area contributed by atoms with E-state index in [1.165, 1.54) is 64.7 Å². The maximum absolute atomic E-state index is 12.9. The summed E-state index contributed by atoms with van der Waals surface area (Å²) in [5.74, 6) is -0.975. The second kappa shape index (κ2) is 13.3. The van der Waals surface area contributed by atoms with E-state index in [-0.39, 0.29) is 22.8 Å². The number of nitrogens with one attached hydrogen (secondary N) is 3. The van der Waals surface area contributed by atoms with Gasteiger partial charge in [0.1, 0.15) is 5.75 Å². The van der Waals surface area contributed by atoms with Gasteiger partial charge in [0.2, 0.25) is 11.7 Å². The van der Waals surface area contributed by atoms with Crippen molar-refractivity contribution in [3.05, 3.63) is 83.4 Å². The standard InChI is InChI=1S/C28H27N3O8/c1-17(32)29-21-12-9-19(10-13-21)27(34)31-30-25(33)14-11-18-7-5-6-8-22(18)39-28(35)20-15-23(36-2)26(38-4)24(16-20)37-3/h5-16H,1-4H3,(H,29,32)(H,30,33)(H,31,34)/b14-11+. The normalized spacial score (nSPS) is 10.4. The third kappa shape index (κ3) is 7.59. The van der Waals surface area contributed by atoms with Crippen molar-refractivity contribution in [2.45, 2.75) is 6.92 Å². The Labute approximate surface area is 224 Å². The van der Waals surface area contributed by atoms with Gasteiger partial charge in [0, 0.05) is 29.8 Å². The Morgan fingerprint density at radius 1 is 0.744 bits per heavy atom. The first-order valence-corrected chi connectivity index (χ1v) is 11.5. The average molecular weight is 534 g/mol. The fourth-order valence-electron chi connectivity index (χ4n) is 3.37. The van der Waals surface area contributed by atoms with Gasteiger partial charge in [0.25, 0.3) is 11.8 Å². The molecule has 0 heterocycles. The van der Waals surface area contributed by atoms with Gasteiger partial charge < -0.3 is 24.3 Å². The van der Waals surface area contributed by atoms with Gasteiger partial charge in [0.05, 0.1) is 26.9 Å². The Morgan fingerprint density at radius 3 is 1.97 bits per heavy atom. The Morgan fingerprint density at radius 2 is 1.38 bits per heavy atom. The van der Waals surface area contributed by atoms with Crippen molar-refractivity contribution in [1.82, 2.24) is 10.9 Å². The molecule has 3 rings (SSSR count). The quantitative estimate of drug-likeness (QED) is 0.165. The number of amides is 3. The van der Waals surface area contributed by atoms with Crippen LogP contribution in [0.25, 0.3) is 6.08 Å². The number of para-hydroxylation sites is 1. The van der Waals surface area contributed by atoms with Gasteiger partial charge in [-0.05, 0) is 48.5 Å². The summed E-state index contributed by atoms with van der Waals surface area (Å²) in [6.07, 6.45) is 2.60. The summed E-state index contributed by atoms with van der Waals surface area (Å²) in [5.41, 5.74) is 5.99. The topological polar surface area (TPSA) is 141 Å². The summed E-state index contributed by atoms with van der Waals surface area (Å²) in [5, 5.41) is 2.60. The molecule has 0 bridgehead atoms. The van der Waals surface area contributed by atoms with Gasteiger partial charge in [-0.15, -0.1) is 0 Å². The number of carbonyl (C=O) groups is 4. The van der Waals surface area contributed by atoms with Crippen LogP contribution in [-0.2, 0) is 9.59 Å². The van der Waals surface area contributed by atoms with Crippen molar-refractivity contribution in [3.63, 3.8) is 0 Å². The molecule has 3 amide bonds. The van der Waals surface area contributed by atoms with Gasteiger partial charge >= 0.3 is 5.97 Å². The first-order chi connectivity index (χ1) is 18.7. The SMILES string of the molecule is COc1cc(C(=O)Oc2ccccc2/C=C/C(=O)NNC(=O)c2ccc(NC(C)=O)cc2)cc(OC)c1OC. The number of benzene rings is 3. The minimum atomic E-state index is -0.684. The fourth-order valence-corrected chi connectivity index (χ4v) is 3.37. The van der Waals surface area contributed by atoms with E-state index in [0.717, 1.165) is 0 Å². The second-order valence-corrected chi connectivity index (χ2v) is 7.88. The van der Waals surface area contributed by atoms with Gasteiger partial charge in [-0.1, -0.05) is 18.2 Å². The van der Waals surface area contributed by atoms with Crippen LogP contribution in [0.1, 0.15) is 33.2 Å². The highest BCUT2D eigenvalue weighted by Crippen LogP contribution is 2.38. The van der Waals surface area contributed by atoms with E-state index < -0.39 is 17.8 Å². The number of carbonyl (C=O) groups excluding carboxylic acids is 4. The van der Waals surface area contributed by atoms with E-state index in [0.29, 0.717) is 28.5 Å². The number of esters is 1. The van der Waals surface area contributed by atoms with Crippen LogP contribution >= 0.6 is 0 Å². The number of ether oxygens (including phenoxy) is 4. The summed E-state index contributed by atoms with van der Waals surface area (Å²) in [6.45, 7) is 1.38. The molecule has 39 heavy (non-hydrogen) atoms. The van der Waals surface area contributed by atoms with E-state index in [4.69, 9.17) is 18.9 Å². The second-order valence-electron chi connectivity index (χ2n) is 7.88. The van der Waals surface area contributed by atoms with Crippen LogP contribution in [0.2, 0.25) is 0 Å². The molecule has 0 fully saturated rings. The van der Waals surface area contributed by atoms with Crippen molar-refractivity contribution in [3.8, 4) is 23.0 Å². The maximum Gasteiger partial charge on any atom is 0.343 e. The Bertz CT molecular complexity index is 1380. The molecule has 0 atom stereocenters. The minimum Gasteiger partial charge on any atom is -0.493 e. The summed E-state index contributed by atoms with van der Waals surface area (Å²) in [6, 6.07) is 15.7. The van der Waals surface area contributed by atoms with Gasteiger partial charge in [-0.25, -0.2) is 4.79 Å². The minimum absolute atomic E-state index is 0.161. The predicted octanol–water partition coefficient (Wildman–Crippen LogP) is 3.36. The molecule has 0 aliphatic carbocycles. The molecule has 0 unspecified atom stereocenters. The van der Waals surface area contributed by atoms with Gasteiger partial charge in [-0.3, -0.25) is 25.2 Å². The number of hydrazine groups is 1. The molecule has 3 aromatic rings. The van der Waals surface area contributed by atoms with Gasteiger partial charge in [-0.2, -0.15) is 0 Å². The Balaban J connectivity index is 1.65. The maximum atomic E-state index is 12.9. The Hall–Kier alpha value is -5.32. The lowest BCUT2D eigenvalue weighted by molar-refractivity contribution is -0.117. The van der Waals surface area contributed by atoms with Crippen LogP contribution in [-0.4, -0.2) is 45.0 Å². The molecule has 0 aliphatic heterocycles. The first kappa shape index (κ1) is 28.3. The molecule has 0 saturated carbocycles. The summed E-state index contributed by atoms with van der Waals surface area (Å²) >= 11 is 0. The Kier molecular flexibility index (Phi) is 9.63. The predicted molar refractivity (Wildman–Crippen MR) is 143 cm³/mol. The van der Waals surface area contributed by atoms with Crippen LogP contribution in [0.4, 0.5) is 5.69 Å². The highest BCUT2D eigenvalue weighted by atomic mass is 16.5. The molecule has 0 radical (unpaired) electrons. The van der Waals surface area contributed by atoms with Crippen LogP contribution in [0.15, 0.2) is 66.7 Å². The molecular formula is C28H27N3O8. The lowest BCUT2D eigenvalue weighted by atomic mass is 10.1. The summed E-state index contributed by atoms with van der Waals surface area (Å²) in [7, 11) is 4.32. The molecule has 0 aromatic heterocycles. The number of rotatable bonds is 9. The number of hydrogen-bond donors (Lipinski definition) is 3. The highest BCUT2D eigenvalue weighted by Gasteiger charge is 2.19. The van der Waals surface area contributed by atoms with Crippen LogP contribution < -0.4 is 35.1 Å². The third-order valence-electron chi connectivity index (χ3n) is 5.20. The zero-order valence-corrected chi connectivity index (χ0v) is 21.7. The van der Waals surface area contributed by atoms with E-state index in [1.54, 1.807) is 36.4 Å². The molecule has 202 valence electrons. The van der Waals surface area contributed by atoms with E-state index in [1.807, 2.05) is 0 Å². The van der Waals surface area contributed by atoms with Crippen molar-refractivity contribution in [2.24, 2.45) is 0 Å². The van der Waals surface area contributed by atoms with Gasteiger partial charge in [0.15, 0.2) is 11.5 Å². The largest absolute Gasteiger partial charge is 0.493 e. The summed E-state index contributed by atoms with van der Waals surface area (Å²) < 4.78 is 21.4. The molecule has 3 aromatic carbocycles. The number of hydrogen-bond acceptors (Lipinski definition) is 8. The smallest absolute Gasteiger partial charge is 0.343 e. The number of anilines is 1. The molecule has 0 aliphatic rings. The first-order valence-electron chi connectivity index (χ1n) is 11.5. The zero-order chi connectivity index (χ0) is 28.4. The monoisotopic (exact) mass is 533 g/mol. The zero-order valence-electron chi connectivity index (χ0n) is 21.7. The molecule has 0 saturated heterocycles. The lowest BCUT2D eigenvalue weighted by Gasteiger charge is -2.14. The molecule has 11 nitrogen and oxygen atoms in total. The third-order valence-corrected chi connectivity index (χ3v) is 5.20. The fraction of sp³-hybridized carbons (Fsp3) is 0.143. The molecule has 0 spiro atoms. The van der Waals surface area contributed by atoms with Crippen molar-refractivity contribution >= 4 is 35.5 Å². The van der Waals surface area contributed by atoms with Crippen LogP contribution in [0.5, 0.6) is 23.0 Å². The van der Waals surface area contributed by atoms with Crippen LogP contribution in [0, 0.1) is 0 Å². The highest BCUT2D eigenvalue weighted by molar-refractivity contribution is 5.99. The van der Waals surface area contributed by atoms with Crippen molar-refractivity contribution < 1.29 is 38.1 Å². The summed E-state index contributed by atoms with van der Waals surface area (Å²) in [4.78, 5) is 48.5. The van der Waals surface area contributed by atoms with E-state index >= 15 is 0 Å². The molecular weight excluding hydrogens is 506 g/mol. The van der Waals surface area contributed by atoms with E-state index in [9.17, 15) is 19.2 Å². The van der Waals surface area contributed by atoms with E-state index in [2.05, 4.69) is 16.2 Å². The van der Waals surface area contributed by atoms with Crippen LogP contribution in [0.3, 0.4) is 0 Å². The lowest BCUT2D eigenvalue weighted by Crippen LogP contribution is -2.40. The molecule has 3 N–H and O–H groups in total. The van der Waals surface area contributed by atoms with Crippen molar-refractivity contribution in [1.29, 1.82) is 0 Å².